The number of carbonyl (C=O) groups excluding carboxylic acids is 1. The number of aromatic nitrogens is 1. The van der Waals surface area contributed by atoms with Crippen LogP contribution in [0.25, 0.3) is 10.8 Å². The molecular weight excluding hydrogens is 498 g/mol. The molecule has 1 saturated heterocycles. The number of amides is 1. The molecule has 1 aromatic heterocycles. The number of piperazine rings is 1. The average Bonchev–Trinajstić information content (AvgIpc) is 3.32. The summed E-state index contributed by atoms with van der Waals surface area (Å²) in [5.41, 5.74) is 2.26. The van der Waals surface area contributed by atoms with E-state index in [-0.39, 0.29) is 16.6 Å². The number of nitrogens with zero attached hydrogens (tertiary/aromatic N) is 3. The summed E-state index contributed by atoms with van der Waals surface area (Å²) in [4.78, 5) is 33.8. The van der Waals surface area contributed by atoms with Crippen LogP contribution in [0.2, 0.25) is 0 Å². The van der Waals surface area contributed by atoms with E-state index in [4.69, 9.17) is 0 Å². The standard InChI is InChI=1S/C29H31N5O3S/c1-33-15-17-34(18-16-33)14-4-5-20-8-10-22(11-9-20)26(35)32-27-25(28(36)37)31-29(38-27)30-24-13-12-21-6-2-3-7-23(21)19-24/h2-3,6-13,19H,4-5,14-18H2,1H3,(H,30,31)(H,32,35)(H,36,37). The summed E-state index contributed by atoms with van der Waals surface area (Å²) in [7, 11) is 2.16. The Morgan fingerprint density at radius 3 is 2.45 bits per heavy atom. The Hall–Kier alpha value is -3.79. The van der Waals surface area contributed by atoms with Crippen LogP contribution in [0, 0.1) is 0 Å². The zero-order valence-corrected chi connectivity index (χ0v) is 22.1. The number of rotatable bonds is 9. The number of carboxylic acids is 1. The predicted molar refractivity (Wildman–Crippen MR) is 153 cm³/mol. The van der Waals surface area contributed by atoms with E-state index >= 15 is 0 Å². The van der Waals surface area contributed by atoms with Gasteiger partial charge in [-0.2, -0.15) is 0 Å². The van der Waals surface area contributed by atoms with Gasteiger partial charge in [0.05, 0.1) is 0 Å². The van der Waals surface area contributed by atoms with Crippen molar-refractivity contribution < 1.29 is 14.7 Å². The first kappa shape index (κ1) is 25.8. The van der Waals surface area contributed by atoms with E-state index in [1.165, 1.54) is 5.56 Å². The molecule has 9 heteroatoms. The molecule has 0 spiro atoms. The summed E-state index contributed by atoms with van der Waals surface area (Å²) in [5.74, 6) is -1.56. The van der Waals surface area contributed by atoms with Gasteiger partial charge in [0.25, 0.3) is 5.91 Å². The van der Waals surface area contributed by atoms with Crippen LogP contribution in [0.5, 0.6) is 0 Å². The van der Waals surface area contributed by atoms with Crippen LogP contribution in [-0.2, 0) is 6.42 Å². The number of benzene rings is 3. The van der Waals surface area contributed by atoms with Crippen molar-refractivity contribution in [3.8, 4) is 0 Å². The summed E-state index contributed by atoms with van der Waals surface area (Å²) in [6.07, 6.45) is 2.03. The molecule has 2 heterocycles. The van der Waals surface area contributed by atoms with Gasteiger partial charge >= 0.3 is 5.97 Å². The van der Waals surface area contributed by atoms with Crippen molar-refractivity contribution in [1.82, 2.24) is 14.8 Å². The lowest BCUT2D eigenvalue weighted by molar-refractivity contribution is 0.0692. The zero-order chi connectivity index (χ0) is 26.5. The second-order valence-electron chi connectivity index (χ2n) is 9.59. The number of thiazole rings is 1. The van der Waals surface area contributed by atoms with Gasteiger partial charge in [0.1, 0.15) is 5.00 Å². The van der Waals surface area contributed by atoms with Crippen LogP contribution in [-0.4, -0.2) is 71.5 Å². The first-order chi connectivity index (χ1) is 18.4. The molecular formula is C29H31N5O3S. The molecule has 4 aromatic rings. The van der Waals surface area contributed by atoms with E-state index in [0.29, 0.717) is 10.7 Å². The summed E-state index contributed by atoms with van der Waals surface area (Å²) < 4.78 is 0. The van der Waals surface area contributed by atoms with Crippen LogP contribution >= 0.6 is 11.3 Å². The molecule has 3 aromatic carbocycles. The van der Waals surface area contributed by atoms with Crippen molar-refractivity contribution in [2.24, 2.45) is 0 Å². The molecule has 0 atom stereocenters. The van der Waals surface area contributed by atoms with Crippen molar-refractivity contribution in [2.45, 2.75) is 12.8 Å². The van der Waals surface area contributed by atoms with Gasteiger partial charge in [-0.05, 0) is 67.0 Å². The number of aryl methyl sites for hydroxylation is 1. The van der Waals surface area contributed by atoms with Crippen LogP contribution in [0.1, 0.15) is 32.8 Å². The highest BCUT2D eigenvalue weighted by molar-refractivity contribution is 7.20. The fraction of sp³-hybridized carbons (Fsp3) is 0.276. The van der Waals surface area contributed by atoms with Gasteiger partial charge in [0.2, 0.25) is 0 Å². The third-order valence-electron chi connectivity index (χ3n) is 6.81. The topological polar surface area (TPSA) is 97.8 Å². The molecule has 1 aliphatic rings. The highest BCUT2D eigenvalue weighted by Crippen LogP contribution is 2.32. The van der Waals surface area contributed by atoms with Gasteiger partial charge in [-0.25, -0.2) is 9.78 Å². The van der Waals surface area contributed by atoms with Crippen molar-refractivity contribution in [3.63, 3.8) is 0 Å². The molecule has 0 unspecified atom stereocenters. The fourth-order valence-electron chi connectivity index (χ4n) is 4.57. The third-order valence-corrected chi connectivity index (χ3v) is 7.70. The summed E-state index contributed by atoms with van der Waals surface area (Å²) in [6.45, 7) is 5.55. The van der Waals surface area contributed by atoms with Crippen LogP contribution in [0.4, 0.5) is 15.8 Å². The average molecular weight is 530 g/mol. The first-order valence-corrected chi connectivity index (χ1v) is 13.6. The fourth-order valence-corrected chi connectivity index (χ4v) is 5.44. The van der Waals surface area contributed by atoms with Gasteiger partial charge in [-0.15, -0.1) is 0 Å². The second kappa shape index (κ2) is 11.7. The summed E-state index contributed by atoms with van der Waals surface area (Å²) in [5, 5.41) is 18.3. The van der Waals surface area contributed by atoms with Crippen molar-refractivity contribution in [1.29, 1.82) is 0 Å². The Labute approximate surface area is 225 Å². The molecule has 8 nitrogen and oxygen atoms in total. The maximum atomic E-state index is 12.9. The minimum absolute atomic E-state index is 0.188. The van der Waals surface area contributed by atoms with Gasteiger partial charge < -0.3 is 25.5 Å². The lowest BCUT2D eigenvalue weighted by Gasteiger charge is -2.32. The third kappa shape index (κ3) is 6.36. The summed E-state index contributed by atoms with van der Waals surface area (Å²) >= 11 is 1.10. The van der Waals surface area contributed by atoms with Gasteiger partial charge in [0.15, 0.2) is 10.8 Å². The van der Waals surface area contributed by atoms with Crippen LogP contribution in [0.3, 0.4) is 0 Å². The maximum absolute atomic E-state index is 12.9. The maximum Gasteiger partial charge on any atom is 0.357 e. The molecule has 0 aliphatic carbocycles. The van der Waals surface area contributed by atoms with Crippen molar-refractivity contribution in [3.05, 3.63) is 83.6 Å². The van der Waals surface area contributed by atoms with E-state index < -0.39 is 5.97 Å². The smallest absolute Gasteiger partial charge is 0.357 e. The lowest BCUT2D eigenvalue weighted by Crippen LogP contribution is -2.44. The number of hydrogen-bond acceptors (Lipinski definition) is 7. The molecule has 38 heavy (non-hydrogen) atoms. The van der Waals surface area contributed by atoms with Gasteiger partial charge in [-0.1, -0.05) is 53.8 Å². The summed E-state index contributed by atoms with van der Waals surface area (Å²) in [6, 6.07) is 21.4. The number of fused-ring (bicyclic) bond motifs is 1. The second-order valence-corrected chi connectivity index (χ2v) is 10.6. The predicted octanol–water partition coefficient (Wildman–Crippen LogP) is 5.17. The van der Waals surface area contributed by atoms with E-state index in [1.54, 1.807) is 12.1 Å². The van der Waals surface area contributed by atoms with Gasteiger partial charge in [-0.3, -0.25) is 4.79 Å². The lowest BCUT2D eigenvalue weighted by atomic mass is 10.1. The molecule has 196 valence electrons. The Morgan fingerprint density at radius 2 is 1.71 bits per heavy atom. The molecule has 0 bridgehead atoms. The zero-order valence-electron chi connectivity index (χ0n) is 21.3. The normalized spacial score (nSPS) is 14.4. The SMILES string of the molecule is CN1CCN(CCCc2ccc(C(=O)Nc3sc(Nc4ccc5ccccc5c4)nc3C(=O)O)cc2)CC1. The van der Waals surface area contributed by atoms with E-state index in [9.17, 15) is 14.7 Å². The van der Waals surface area contributed by atoms with Crippen LogP contribution in [0.15, 0.2) is 66.7 Å². The number of nitrogens with one attached hydrogen (secondary N) is 2. The Bertz CT molecular complexity index is 1430. The molecule has 1 amide bonds. The largest absolute Gasteiger partial charge is 0.476 e. The van der Waals surface area contributed by atoms with E-state index in [0.717, 1.165) is 73.4 Å². The highest BCUT2D eigenvalue weighted by Gasteiger charge is 2.20. The number of hydrogen-bond donors (Lipinski definition) is 3. The minimum Gasteiger partial charge on any atom is -0.476 e. The van der Waals surface area contributed by atoms with Gasteiger partial charge in [0, 0.05) is 37.4 Å². The molecule has 1 aliphatic heterocycles. The Balaban J connectivity index is 1.20. The number of carboxylic acid groups (broad SMARTS) is 1. The minimum atomic E-state index is -1.20. The quantitative estimate of drug-likeness (QED) is 0.275. The van der Waals surface area contributed by atoms with Crippen molar-refractivity contribution >= 4 is 49.8 Å². The molecule has 5 rings (SSSR count). The van der Waals surface area contributed by atoms with Crippen LogP contribution < -0.4 is 10.6 Å². The Morgan fingerprint density at radius 1 is 0.974 bits per heavy atom. The Kier molecular flexibility index (Phi) is 7.97. The molecule has 1 fully saturated rings. The monoisotopic (exact) mass is 529 g/mol. The first-order valence-electron chi connectivity index (χ1n) is 12.8. The molecule has 0 saturated carbocycles. The number of carbonyl (C=O) groups is 2. The highest BCUT2D eigenvalue weighted by atomic mass is 32.1. The molecule has 0 radical (unpaired) electrons. The van der Waals surface area contributed by atoms with E-state index in [2.05, 4.69) is 32.5 Å². The number of anilines is 3. The van der Waals surface area contributed by atoms with E-state index in [1.807, 2.05) is 54.6 Å². The molecule has 3 N–H and O–H groups in total. The van der Waals surface area contributed by atoms with Crippen molar-refractivity contribution in [2.75, 3.05) is 50.4 Å². The number of aromatic carboxylic acids is 1. The number of likely N-dealkylation sites (N-methyl/N-ethyl adjacent to an activating group) is 1.